The molecule has 1 unspecified atom stereocenters. The maximum atomic E-state index is 4.28. The van der Waals surface area contributed by atoms with Crippen LogP contribution in [0.2, 0.25) is 0 Å². The van der Waals surface area contributed by atoms with Gasteiger partial charge in [-0.05, 0) is 36.6 Å². The Morgan fingerprint density at radius 1 is 1.28 bits per heavy atom. The molecule has 2 heteroatoms. The van der Waals surface area contributed by atoms with Gasteiger partial charge in [0.15, 0.2) is 0 Å². The van der Waals surface area contributed by atoms with Crippen LogP contribution in [0.1, 0.15) is 25.0 Å². The molecule has 0 spiro atoms. The second kappa shape index (κ2) is 6.05. The first-order valence-electron chi connectivity index (χ1n) is 5.98. The lowest BCUT2D eigenvalue weighted by atomic mass is 10.0. The Labute approximate surface area is 114 Å². The number of hydrogen-bond donors (Lipinski definition) is 0. The quantitative estimate of drug-likeness (QED) is 0.722. The number of hydrogen-bond acceptors (Lipinski definition) is 1. The number of benzene rings is 1. The van der Waals surface area contributed by atoms with Gasteiger partial charge in [0.1, 0.15) is 0 Å². The zero-order valence-electron chi connectivity index (χ0n) is 12.1. The lowest BCUT2D eigenvalue weighted by Crippen LogP contribution is -2.11. The van der Waals surface area contributed by atoms with Crippen molar-refractivity contribution in [2.75, 3.05) is 25.3 Å². The summed E-state index contributed by atoms with van der Waals surface area (Å²) in [5.74, 6) is 0. The molecule has 1 rings (SSSR count). The van der Waals surface area contributed by atoms with Crippen molar-refractivity contribution in [3.63, 3.8) is 0 Å². The van der Waals surface area contributed by atoms with E-state index in [9.17, 15) is 0 Å². The Morgan fingerprint density at radius 3 is 2.33 bits per heavy atom. The highest BCUT2D eigenvalue weighted by atomic mass is 32.2. The van der Waals surface area contributed by atoms with Gasteiger partial charge < -0.3 is 4.90 Å². The van der Waals surface area contributed by atoms with Crippen molar-refractivity contribution in [1.29, 1.82) is 0 Å². The van der Waals surface area contributed by atoms with Gasteiger partial charge in [-0.15, -0.1) is 0 Å². The summed E-state index contributed by atoms with van der Waals surface area (Å²) in [6, 6.07) is 6.34. The Kier molecular flexibility index (Phi) is 4.97. The monoisotopic (exact) mass is 261 g/mol. The van der Waals surface area contributed by atoms with Crippen molar-refractivity contribution in [3.05, 3.63) is 42.5 Å². The summed E-state index contributed by atoms with van der Waals surface area (Å²) < 4.78 is 0. The van der Waals surface area contributed by atoms with Crippen LogP contribution >= 0.6 is 10.5 Å². The average Bonchev–Trinajstić information content (AvgIpc) is 2.35. The minimum atomic E-state index is 0.105. The third kappa shape index (κ3) is 2.94. The molecule has 1 aromatic carbocycles. The van der Waals surface area contributed by atoms with E-state index in [0.717, 1.165) is 0 Å². The van der Waals surface area contributed by atoms with E-state index in [0.29, 0.717) is 0 Å². The van der Waals surface area contributed by atoms with Crippen LogP contribution in [0.15, 0.2) is 31.4 Å². The Balaban J connectivity index is 3.43. The van der Waals surface area contributed by atoms with E-state index in [1.165, 1.54) is 26.6 Å². The standard InChI is InChI=1S/C16H23NS/c1-8-14-15(13(4)18(7)12(2)3)10-9-11-16(14)17(5)6/h8-11H,1,4H2,2-3,5-7H3. The van der Waals surface area contributed by atoms with Crippen LogP contribution in [-0.4, -0.2) is 25.2 Å². The minimum absolute atomic E-state index is 0.105. The van der Waals surface area contributed by atoms with Crippen molar-refractivity contribution >= 4 is 32.0 Å². The van der Waals surface area contributed by atoms with E-state index < -0.39 is 0 Å². The molecule has 0 aliphatic carbocycles. The Hall–Kier alpha value is -1.28. The molecule has 0 heterocycles. The molecule has 0 N–H and O–H groups in total. The lowest BCUT2D eigenvalue weighted by Gasteiger charge is -2.20. The highest BCUT2D eigenvalue weighted by Gasteiger charge is 2.10. The van der Waals surface area contributed by atoms with Crippen LogP contribution in [0.25, 0.3) is 11.0 Å². The molecule has 0 aliphatic heterocycles. The summed E-state index contributed by atoms with van der Waals surface area (Å²) in [4.78, 5) is 4.71. The summed E-state index contributed by atoms with van der Waals surface area (Å²) in [5.41, 5.74) is 3.57. The lowest BCUT2D eigenvalue weighted by molar-refractivity contribution is 1.13. The molecule has 0 aromatic heterocycles. The van der Waals surface area contributed by atoms with Crippen LogP contribution in [-0.2, 0) is 0 Å². The normalized spacial score (nSPS) is 11.8. The van der Waals surface area contributed by atoms with Crippen molar-refractivity contribution in [1.82, 2.24) is 0 Å². The highest BCUT2D eigenvalue weighted by Crippen LogP contribution is 2.36. The first-order chi connectivity index (χ1) is 8.40. The minimum Gasteiger partial charge on any atom is -0.377 e. The van der Waals surface area contributed by atoms with Gasteiger partial charge >= 0.3 is 0 Å². The maximum Gasteiger partial charge on any atom is 0.0440 e. The molecule has 0 fully saturated rings. The first-order valence-corrected chi connectivity index (χ1v) is 7.61. The van der Waals surface area contributed by atoms with Crippen LogP contribution in [0.4, 0.5) is 5.69 Å². The van der Waals surface area contributed by atoms with Crippen LogP contribution in [0.3, 0.4) is 0 Å². The van der Waals surface area contributed by atoms with Gasteiger partial charge in [0.2, 0.25) is 0 Å². The van der Waals surface area contributed by atoms with E-state index >= 15 is 0 Å². The zero-order valence-corrected chi connectivity index (χ0v) is 12.9. The summed E-state index contributed by atoms with van der Waals surface area (Å²) in [6.45, 7) is 12.6. The first kappa shape index (κ1) is 14.8. The smallest absolute Gasteiger partial charge is 0.0440 e. The summed E-state index contributed by atoms with van der Waals surface area (Å²) in [6.07, 6.45) is 4.16. The number of rotatable bonds is 4. The predicted octanol–water partition coefficient (Wildman–Crippen LogP) is 4.48. The van der Waals surface area contributed by atoms with Gasteiger partial charge in [-0.2, -0.15) is 10.5 Å². The largest absolute Gasteiger partial charge is 0.377 e. The fourth-order valence-electron chi connectivity index (χ4n) is 1.81. The molecule has 0 saturated carbocycles. The summed E-state index contributed by atoms with van der Waals surface area (Å²) in [5, 5.41) is 0. The van der Waals surface area contributed by atoms with Gasteiger partial charge in [0.25, 0.3) is 0 Å². The second-order valence-corrected chi connectivity index (χ2v) is 7.01. The van der Waals surface area contributed by atoms with Crippen molar-refractivity contribution < 1.29 is 0 Å². The zero-order chi connectivity index (χ0) is 13.9. The Morgan fingerprint density at radius 2 is 1.89 bits per heavy atom. The fraction of sp³-hybridized carbons (Fsp3) is 0.312. The van der Waals surface area contributed by atoms with E-state index in [1.807, 2.05) is 6.08 Å². The van der Waals surface area contributed by atoms with E-state index in [1.54, 1.807) is 0 Å². The SMILES string of the molecule is C=Cc1c(C(=C)S(C)=C(C)C)cccc1N(C)C. The second-order valence-electron chi connectivity index (χ2n) is 4.68. The molecule has 98 valence electrons. The third-order valence-electron chi connectivity index (χ3n) is 3.05. The third-order valence-corrected chi connectivity index (χ3v) is 5.24. The molecular formula is C16H23NS. The molecule has 0 saturated heterocycles. The van der Waals surface area contributed by atoms with Crippen LogP contribution in [0.5, 0.6) is 0 Å². The van der Waals surface area contributed by atoms with Gasteiger partial charge in [0, 0.05) is 30.3 Å². The van der Waals surface area contributed by atoms with E-state index in [-0.39, 0.29) is 10.5 Å². The molecule has 1 aromatic rings. The molecule has 0 radical (unpaired) electrons. The van der Waals surface area contributed by atoms with Gasteiger partial charge in [-0.25, -0.2) is 0 Å². The van der Waals surface area contributed by atoms with E-state index in [4.69, 9.17) is 0 Å². The fourth-order valence-corrected chi connectivity index (χ4v) is 2.81. The molecular weight excluding hydrogens is 238 g/mol. The van der Waals surface area contributed by atoms with Gasteiger partial charge in [-0.3, -0.25) is 0 Å². The number of nitrogens with zero attached hydrogens (tertiary/aromatic N) is 1. The maximum absolute atomic E-state index is 4.28. The molecule has 1 atom stereocenters. The molecule has 0 aliphatic rings. The molecule has 0 bridgehead atoms. The number of anilines is 1. The average molecular weight is 261 g/mol. The van der Waals surface area contributed by atoms with Crippen LogP contribution < -0.4 is 4.90 Å². The molecule has 18 heavy (non-hydrogen) atoms. The topological polar surface area (TPSA) is 3.24 Å². The van der Waals surface area contributed by atoms with Crippen molar-refractivity contribution in [2.24, 2.45) is 0 Å². The molecule has 1 nitrogen and oxygen atoms in total. The summed E-state index contributed by atoms with van der Waals surface area (Å²) >= 11 is 0. The van der Waals surface area contributed by atoms with Gasteiger partial charge in [-0.1, -0.05) is 31.4 Å². The highest BCUT2D eigenvalue weighted by molar-refractivity contribution is 8.23. The predicted molar refractivity (Wildman–Crippen MR) is 89.8 cm³/mol. The van der Waals surface area contributed by atoms with Crippen molar-refractivity contribution in [3.8, 4) is 0 Å². The Bertz CT molecular complexity index is 506. The summed E-state index contributed by atoms with van der Waals surface area (Å²) in [7, 11) is 4.21. The van der Waals surface area contributed by atoms with Gasteiger partial charge in [0.05, 0.1) is 0 Å². The molecule has 0 amide bonds. The van der Waals surface area contributed by atoms with E-state index in [2.05, 4.69) is 70.5 Å². The van der Waals surface area contributed by atoms with Crippen LogP contribution in [0, 0.1) is 0 Å². The van der Waals surface area contributed by atoms with Crippen molar-refractivity contribution in [2.45, 2.75) is 13.8 Å².